The zero-order chi connectivity index (χ0) is 31.0. The minimum Gasteiger partial charge on any atom is -0.508 e. The van der Waals surface area contributed by atoms with E-state index in [9.17, 15) is 19.8 Å². The summed E-state index contributed by atoms with van der Waals surface area (Å²) in [6, 6.07) is 29.3. The van der Waals surface area contributed by atoms with E-state index in [0.717, 1.165) is 22.3 Å². The highest BCUT2D eigenvalue weighted by Gasteiger charge is 2.24. The van der Waals surface area contributed by atoms with Gasteiger partial charge < -0.3 is 19.7 Å². The topological polar surface area (TPSA) is 93.1 Å². The Balaban J connectivity index is 1.16. The molecular weight excluding hydrogens is 560 g/mol. The molecule has 6 nitrogen and oxygen atoms in total. The number of aromatic hydroxyl groups is 2. The Bertz CT molecular complexity index is 1390. The first-order chi connectivity index (χ1) is 20.4. The summed E-state index contributed by atoms with van der Waals surface area (Å²) in [5, 5.41) is 19.1. The van der Waals surface area contributed by atoms with E-state index in [2.05, 4.69) is 27.7 Å². The third-order valence-corrected chi connectivity index (χ3v) is 8.68. The fourth-order valence-corrected chi connectivity index (χ4v) is 5.57. The number of phenols is 2. The fourth-order valence-electron chi connectivity index (χ4n) is 4.75. The number of ether oxygens (including phenoxy) is 2. The Hall–Kier alpha value is -4.23. The van der Waals surface area contributed by atoms with E-state index in [1.165, 1.54) is 11.8 Å². The van der Waals surface area contributed by atoms with Crippen LogP contribution in [0.15, 0.2) is 97.1 Å². The Morgan fingerprint density at radius 2 is 0.814 bits per heavy atom. The average molecular weight is 599 g/mol. The van der Waals surface area contributed by atoms with Crippen LogP contribution in [0, 0.1) is 0 Å². The SMILES string of the molecule is CC(C)(c1ccc(O)cc1)c1ccc(OC(=O)CCSCCC(=O)Oc2ccc(C(C)(C)c3ccc(O)cc3)cc2)cc1. The summed E-state index contributed by atoms with van der Waals surface area (Å²) >= 11 is 1.50. The van der Waals surface area contributed by atoms with E-state index < -0.39 is 0 Å². The minimum absolute atomic E-state index is 0.231. The zero-order valence-corrected chi connectivity index (χ0v) is 25.8. The van der Waals surface area contributed by atoms with Crippen LogP contribution in [-0.4, -0.2) is 33.7 Å². The number of carbonyl (C=O) groups excluding carboxylic acids is 2. The van der Waals surface area contributed by atoms with Gasteiger partial charge in [0.25, 0.3) is 0 Å². The van der Waals surface area contributed by atoms with Crippen molar-refractivity contribution in [3.63, 3.8) is 0 Å². The summed E-state index contributed by atoms with van der Waals surface area (Å²) in [6.07, 6.45) is 0.470. The van der Waals surface area contributed by atoms with Crippen molar-refractivity contribution in [1.29, 1.82) is 0 Å². The summed E-state index contributed by atoms with van der Waals surface area (Å²) in [6.45, 7) is 8.41. The number of esters is 2. The molecule has 4 aromatic rings. The lowest BCUT2D eigenvalue weighted by molar-refractivity contribution is -0.134. The molecular formula is C36H38O6S. The molecule has 4 aromatic carbocycles. The largest absolute Gasteiger partial charge is 0.508 e. The minimum atomic E-state index is -0.323. The number of phenolic OH excluding ortho intramolecular Hbond substituents is 2. The van der Waals surface area contributed by atoms with E-state index in [0.29, 0.717) is 23.0 Å². The first kappa shape index (κ1) is 31.7. The van der Waals surface area contributed by atoms with Gasteiger partial charge in [0.05, 0.1) is 12.8 Å². The predicted molar refractivity (Wildman–Crippen MR) is 171 cm³/mol. The normalized spacial score (nSPS) is 11.6. The summed E-state index contributed by atoms with van der Waals surface area (Å²) in [4.78, 5) is 24.7. The van der Waals surface area contributed by atoms with E-state index in [4.69, 9.17) is 9.47 Å². The Morgan fingerprint density at radius 1 is 0.535 bits per heavy atom. The second kappa shape index (κ2) is 13.8. The van der Waals surface area contributed by atoms with Crippen LogP contribution in [0.4, 0.5) is 0 Å². The standard InChI is InChI=1S/C36H38O6S/c1-35(2,25-5-13-29(37)14-6-25)27-9-17-31(18-10-27)41-33(39)21-23-43-24-22-34(40)42-32-19-11-28(12-20-32)36(3,4)26-7-15-30(38)16-8-26/h5-20,37-38H,21-24H2,1-4H3. The first-order valence-corrected chi connectivity index (χ1v) is 15.4. The van der Waals surface area contributed by atoms with Gasteiger partial charge in [0.1, 0.15) is 23.0 Å². The smallest absolute Gasteiger partial charge is 0.312 e. The molecule has 4 rings (SSSR count). The highest BCUT2D eigenvalue weighted by atomic mass is 32.2. The zero-order valence-electron chi connectivity index (χ0n) is 25.0. The van der Waals surface area contributed by atoms with Crippen LogP contribution in [-0.2, 0) is 20.4 Å². The van der Waals surface area contributed by atoms with E-state index >= 15 is 0 Å². The molecule has 0 aliphatic heterocycles. The molecule has 0 fully saturated rings. The van der Waals surface area contributed by atoms with Crippen LogP contribution in [0.2, 0.25) is 0 Å². The van der Waals surface area contributed by atoms with Gasteiger partial charge in [-0.25, -0.2) is 0 Å². The van der Waals surface area contributed by atoms with Gasteiger partial charge in [-0.05, 0) is 70.8 Å². The van der Waals surface area contributed by atoms with Gasteiger partial charge in [-0.15, -0.1) is 0 Å². The van der Waals surface area contributed by atoms with Gasteiger partial charge in [0.2, 0.25) is 0 Å². The molecule has 0 radical (unpaired) electrons. The summed E-state index contributed by atoms with van der Waals surface area (Å²) in [7, 11) is 0. The van der Waals surface area contributed by atoms with Gasteiger partial charge >= 0.3 is 11.9 Å². The average Bonchev–Trinajstić information content (AvgIpc) is 2.98. The second-order valence-electron chi connectivity index (χ2n) is 11.5. The molecule has 7 heteroatoms. The quantitative estimate of drug-likeness (QED) is 0.0977. The number of thioether (sulfide) groups is 1. The van der Waals surface area contributed by atoms with Crippen LogP contribution < -0.4 is 9.47 Å². The Labute approximate surface area is 257 Å². The lowest BCUT2D eigenvalue weighted by atomic mass is 9.78. The lowest BCUT2D eigenvalue weighted by Crippen LogP contribution is -2.18. The van der Waals surface area contributed by atoms with Gasteiger partial charge in [0.15, 0.2) is 0 Å². The molecule has 0 saturated heterocycles. The molecule has 224 valence electrons. The van der Waals surface area contributed by atoms with Crippen LogP contribution in [0.5, 0.6) is 23.0 Å². The monoisotopic (exact) mass is 598 g/mol. The predicted octanol–water partition coefficient (Wildman–Crippen LogP) is 7.77. The van der Waals surface area contributed by atoms with Crippen LogP contribution in [0.3, 0.4) is 0 Å². The number of carbonyl (C=O) groups is 2. The maximum atomic E-state index is 12.3. The van der Waals surface area contributed by atoms with Crippen molar-refractivity contribution in [3.05, 3.63) is 119 Å². The van der Waals surface area contributed by atoms with E-state index in [1.54, 1.807) is 48.5 Å². The highest BCUT2D eigenvalue weighted by molar-refractivity contribution is 7.99. The third-order valence-electron chi connectivity index (χ3n) is 7.69. The molecule has 0 aliphatic rings. The highest BCUT2D eigenvalue weighted by Crippen LogP contribution is 2.34. The van der Waals surface area contributed by atoms with Crippen molar-refractivity contribution in [2.75, 3.05) is 11.5 Å². The van der Waals surface area contributed by atoms with Gasteiger partial charge in [-0.1, -0.05) is 76.2 Å². The van der Waals surface area contributed by atoms with Crippen LogP contribution in [0.1, 0.15) is 62.8 Å². The molecule has 0 bridgehead atoms. The maximum absolute atomic E-state index is 12.3. The van der Waals surface area contributed by atoms with Crippen molar-refractivity contribution < 1.29 is 29.3 Å². The van der Waals surface area contributed by atoms with Crippen molar-refractivity contribution in [3.8, 4) is 23.0 Å². The van der Waals surface area contributed by atoms with Crippen molar-refractivity contribution in [2.24, 2.45) is 0 Å². The van der Waals surface area contributed by atoms with Gasteiger partial charge in [-0.2, -0.15) is 11.8 Å². The number of hydrogen-bond acceptors (Lipinski definition) is 7. The second-order valence-corrected chi connectivity index (χ2v) is 12.7. The summed E-state index contributed by atoms with van der Waals surface area (Å²) in [5.41, 5.74) is 3.72. The molecule has 0 heterocycles. The number of hydrogen-bond donors (Lipinski definition) is 2. The molecule has 43 heavy (non-hydrogen) atoms. The first-order valence-electron chi connectivity index (χ1n) is 14.2. The van der Waals surface area contributed by atoms with Gasteiger partial charge in [-0.3, -0.25) is 9.59 Å². The maximum Gasteiger partial charge on any atom is 0.312 e. The molecule has 0 aromatic heterocycles. The third kappa shape index (κ3) is 8.42. The molecule has 0 atom stereocenters. The molecule has 2 N–H and O–H groups in total. The van der Waals surface area contributed by atoms with Crippen molar-refractivity contribution in [1.82, 2.24) is 0 Å². The summed E-state index contributed by atoms with van der Waals surface area (Å²) in [5.74, 6) is 1.87. The summed E-state index contributed by atoms with van der Waals surface area (Å²) < 4.78 is 11.0. The Kier molecular flexibility index (Phi) is 10.2. The van der Waals surface area contributed by atoms with Crippen molar-refractivity contribution >= 4 is 23.7 Å². The lowest BCUT2D eigenvalue weighted by Gasteiger charge is -2.26. The number of benzene rings is 4. The van der Waals surface area contributed by atoms with Gasteiger partial charge in [0, 0.05) is 22.3 Å². The molecule has 0 saturated carbocycles. The van der Waals surface area contributed by atoms with Crippen LogP contribution >= 0.6 is 11.8 Å². The molecule has 0 unspecified atom stereocenters. The van der Waals surface area contributed by atoms with Crippen LogP contribution in [0.25, 0.3) is 0 Å². The Morgan fingerprint density at radius 3 is 1.12 bits per heavy atom. The molecule has 0 aliphatic carbocycles. The van der Waals surface area contributed by atoms with E-state index in [1.807, 2.05) is 48.5 Å². The fraction of sp³-hybridized carbons (Fsp3) is 0.278. The van der Waals surface area contributed by atoms with Crippen molar-refractivity contribution in [2.45, 2.75) is 51.4 Å². The number of rotatable bonds is 12. The molecule has 0 spiro atoms. The van der Waals surface area contributed by atoms with E-state index in [-0.39, 0.29) is 47.1 Å². The molecule has 0 amide bonds.